The average Bonchev–Trinajstić information content (AvgIpc) is 2.51. The zero-order valence-corrected chi connectivity index (χ0v) is 14.9. The minimum absolute atomic E-state index is 0.0602. The Morgan fingerprint density at radius 3 is 2.38 bits per heavy atom. The smallest absolute Gasteiger partial charge is 0.413 e. The lowest BCUT2D eigenvalue weighted by atomic mass is 10.2. The van der Waals surface area contributed by atoms with Gasteiger partial charge in [0.25, 0.3) is 5.91 Å². The molecule has 0 fully saturated rings. The van der Waals surface area contributed by atoms with E-state index in [2.05, 4.69) is 15.6 Å². The summed E-state index contributed by atoms with van der Waals surface area (Å²) in [6.07, 6.45) is -0.731. The van der Waals surface area contributed by atoms with Gasteiger partial charge in [-0.2, -0.15) is 0 Å². The third kappa shape index (κ3) is 5.38. The van der Waals surface area contributed by atoms with Crippen LogP contribution >= 0.6 is 11.6 Å². The Bertz CT molecular complexity index is 854. The molecule has 0 aliphatic carbocycles. The highest BCUT2D eigenvalue weighted by molar-refractivity contribution is 6.33. The van der Waals surface area contributed by atoms with Gasteiger partial charge in [-0.05, 0) is 51.1 Å². The molecule has 1 heterocycles. The fourth-order valence-electron chi connectivity index (χ4n) is 1.82. The molecule has 0 spiro atoms. The molecule has 0 unspecified atom stereocenters. The van der Waals surface area contributed by atoms with Gasteiger partial charge in [0.05, 0.1) is 5.02 Å². The fourth-order valence-corrected chi connectivity index (χ4v) is 1.98. The largest absolute Gasteiger partial charge is 0.444 e. The van der Waals surface area contributed by atoms with Crippen LogP contribution in [0.15, 0.2) is 30.3 Å². The third-order valence-electron chi connectivity index (χ3n) is 2.89. The topological polar surface area (TPSA) is 80.3 Å². The van der Waals surface area contributed by atoms with Gasteiger partial charge in [0, 0.05) is 5.56 Å². The standard InChI is InChI=1S/C17H16ClF2N3O3/c1-17(2,3)26-16(25)22-13-7-5-10(18)14(21-13)23-15(24)9-4-6-11(19)12(20)8-9/h4-8H,1-3H3,(H2,21,22,23,24,25). The predicted molar refractivity (Wildman–Crippen MR) is 93.4 cm³/mol. The molecular weight excluding hydrogens is 368 g/mol. The van der Waals surface area contributed by atoms with Crippen LogP contribution in [-0.2, 0) is 4.74 Å². The number of anilines is 2. The van der Waals surface area contributed by atoms with Gasteiger partial charge in [-0.25, -0.2) is 18.6 Å². The van der Waals surface area contributed by atoms with E-state index in [9.17, 15) is 18.4 Å². The van der Waals surface area contributed by atoms with E-state index in [0.29, 0.717) is 0 Å². The van der Waals surface area contributed by atoms with E-state index >= 15 is 0 Å². The summed E-state index contributed by atoms with van der Waals surface area (Å²) in [6.45, 7) is 5.11. The van der Waals surface area contributed by atoms with E-state index in [1.807, 2.05) is 0 Å². The Hall–Kier alpha value is -2.74. The normalized spacial score (nSPS) is 11.0. The summed E-state index contributed by atoms with van der Waals surface area (Å²) in [6, 6.07) is 5.52. The number of hydrogen-bond donors (Lipinski definition) is 2. The summed E-state index contributed by atoms with van der Waals surface area (Å²) < 4.78 is 31.3. The van der Waals surface area contributed by atoms with Gasteiger partial charge in [0.1, 0.15) is 11.4 Å². The summed E-state index contributed by atoms with van der Waals surface area (Å²) in [5, 5.41) is 4.87. The molecule has 0 bridgehead atoms. The van der Waals surface area contributed by atoms with Crippen LogP contribution in [0, 0.1) is 11.6 Å². The lowest BCUT2D eigenvalue weighted by molar-refractivity contribution is 0.0635. The Balaban J connectivity index is 2.15. The average molecular weight is 384 g/mol. The maximum atomic E-state index is 13.2. The second kappa shape index (κ2) is 7.65. The van der Waals surface area contributed by atoms with Crippen LogP contribution in [0.2, 0.25) is 5.02 Å². The van der Waals surface area contributed by atoms with Crippen LogP contribution < -0.4 is 10.6 Å². The first-order valence-electron chi connectivity index (χ1n) is 7.48. The van der Waals surface area contributed by atoms with Gasteiger partial charge in [-0.1, -0.05) is 11.6 Å². The van der Waals surface area contributed by atoms with Gasteiger partial charge < -0.3 is 10.1 Å². The number of hydrogen-bond acceptors (Lipinski definition) is 4. The number of amides is 2. The maximum absolute atomic E-state index is 13.2. The first kappa shape index (κ1) is 19.6. The van der Waals surface area contributed by atoms with Gasteiger partial charge in [0.15, 0.2) is 17.5 Å². The Morgan fingerprint density at radius 1 is 1.08 bits per heavy atom. The Labute approximate surface area is 153 Å². The molecule has 0 aliphatic heterocycles. The van der Waals surface area contributed by atoms with E-state index in [1.54, 1.807) is 20.8 Å². The molecule has 0 saturated carbocycles. The summed E-state index contributed by atoms with van der Waals surface area (Å²) in [5.41, 5.74) is -0.813. The van der Waals surface area contributed by atoms with Crippen molar-refractivity contribution in [3.63, 3.8) is 0 Å². The van der Waals surface area contributed by atoms with E-state index in [4.69, 9.17) is 16.3 Å². The first-order valence-corrected chi connectivity index (χ1v) is 7.86. The molecule has 9 heteroatoms. The molecule has 0 saturated heterocycles. The molecule has 2 N–H and O–H groups in total. The molecule has 1 aromatic heterocycles. The summed E-state index contributed by atoms with van der Waals surface area (Å²) >= 11 is 5.97. The van der Waals surface area contributed by atoms with Gasteiger partial charge >= 0.3 is 6.09 Å². The van der Waals surface area contributed by atoms with E-state index in [-0.39, 0.29) is 22.2 Å². The molecule has 2 aromatic rings. The van der Waals surface area contributed by atoms with E-state index < -0.39 is 29.2 Å². The quantitative estimate of drug-likeness (QED) is 0.810. The lowest BCUT2D eigenvalue weighted by Gasteiger charge is -2.19. The molecule has 2 rings (SSSR count). The van der Waals surface area contributed by atoms with Crippen molar-refractivity contribution in [2.75, 3.05) is 10.6 Å². The second-order valence-electron chi connectivity index (χ2n) is 6.24. The molecule has 1 aromatic carbocycles. The third-order valence-corrected chi connectivity index (χ3v) is 3.19. The zero-order chi connectivity index (χ0) is 19.5. The number of carbonyl (C=O) groups is 2. The number of carbonyl (C=O) groups excluding carboxylic acids is 2. The fraction of sp³-hybridized carbons (Fsp3) is 0.235. The molecule has 26 heavy (non-hydrogen) atoms. The van der Waals surface area contributed by atoms with E-state index in [1.165, 1.54) is 12.1 Å². The van der Waals surface area contributed by atoms with Gasteiger partial charge in [-0.3, -0.25) is 10.1 Å². The molecule has 0 radical (unpaired) electrons. The van der Waals surface area contributed by atoms with Crippen LogP contribution in [0.3, 0.4) is 0 Å². The zero-order valence-electron chi connectivity index (χ0n) is 14.2. The molecule has 0 atom stereocenters. The number of pyridine rings is 1. The number of nitrogens with zero attached hydrogens (tertiary/aromatic N) is 1. The number of halogens is 3. The van der Waals surface area contributed by atoms with Crippen molar-refractivity contribution >= 4 is 35.2 Å². The molecule has 2 amide bonds. The predicted octanol–water partition coefficient (Wildman–Crippen LogP) is 4.61. The molecule has 6 nitrogen and oxygen atoms in total. The minimum atomic E-state index is -1.16. The van der Waals surface area contributed by atoms with Crippen molar-refractivity contribution < 1.29 is 23.1 Å². The highest BCUT2D eigenvalue weighted by Crippen LogP contribution is 2.23. The number of aromatic nitrogens is 1. The Kier molecular flexibility index (Phi) is 5.76. The van der Waals surface area contributed by atoms with Crippen molar-refractivity contribution in [2.24, 2.45) is 0 Å². The SMILES string of the molecule is CC(C)(C)OC(=O)Nc1ccc(Cl)c(NC(=O)c2ccc(F)c(F)c2)n1. The van der Waals surface area contributed by atoms with Crippen LogP contribution in [0.25, 0.3) is 0 Å². The number of benzene rings is 1. The van der Waals surface area contributed by atoms with Gasteiger partial charge in [-0.15, -0.1) is 0 Å². The molecule has 138 valence electrons. The van der Waals surface area contributed by atoms with Crippen LogP contribution in [0.1, 0.15) is 31.1 Å². The Morgan fingerprint density at radius 2 is 1.77 bits per heavy atom. The molecular formula is C17H16ClF2N3O3. The lowest BCUT2D eigenvalue weighted by Crippen LogP contribution is -2.27. The summed E-state index contributed by atoms with van der Waals surface area (Å²) in [7, 11) is 0. The minimum Gasteiger partial charge on any atom is -0.444 e. The number of rotatable bonds is 3. The number of nitrogens with one attached hydrogen (secondary N) is 2. The van der Waals surface area contributed by atoms with Crippen LogP contribution in [0.5, 0.6) is 0 Å². The van der Waals surface area contributed by atoms with E-state index in [0.717, 1.165) is 18.2 Å². The van der Waals surface area contributed by atoms with Crippen molar-refractivity contribution in [3.8, 4) is 0 Å². The summed E-state index contributed by atoms with van der Waals surface area (Å²) in [5.74, 6) is -2.94. The van der Waals surface area contributed by atoms with Gasteiger partial charge in [0.2, 0.25) is 0 Å². The highest BCUT2D eigenvalue weighted by Gasteiger charge is 2.18. The van der Waals surface area contributed by atoms with Crippen LogP contribution in [0.4, 0.5) is 25.2 Å². The first-order chi connectivity index (χ1) is 12.0. The molecule has 0 aliphatic rings. The van der Waals surface area contributed by atoms with Crippen molar-refractivity contribution in [1.82, 2.24) is 4.98 Å². The van der Waals surface area contributed by atoms with Crippen molar-refractivity contribution in [2.45, 2.75) is 26.4 Å². The monoisotopic (exact) mass is 383 g/mol. The number of ether oxygens (including phenoxy) is 1. The summed E-state index contributed by atoms with van der Waals surface area (Å²) in [4.78, 5) is 27.9. The van der Waals surface area contributed by atoms with Crippen molar-refractivity contribution in [3.05, 3.63) is 52.6 Å². The maximum Gasteiger partial charge on any atom is 0.413 e. The second-order valence-corrected chi connectivity index (χ2v) is 6.64. The highest BCUT2D eigenvalue weighted by atomic mass is 35.5. The van der Waals surface area contributed by atoms with Crippen molar-refractivity contribution in [1.29, 1.82) is 0 Å². The van der Waals surface area contributed by atoms with Crippen LogP contribution in [-0.4, -0.2) is 22.6 Å².